The van der Waals surface area contributed by atoms with Crippen LogP contribution in [0, 0.1) is 39.0 Å². The normalized spacial score (nSPS) is 14.4. The van der Waals surface area contributed by atoms with Crippen LogP contribution in [-0.4, -0.2) is 11.6 Å². The summed E-state index contributed by atoms with van der Waals surface area (Å²) >= 11 is 0. The maximum absolute atomic E-state index is 12.6. The Hall–Kier alpha value is -0.650. The molecule has 1 aromatic carbocycles. The standard InChI is InChI=1S/C19H31OP/c1-12(10-19(6,7)8)11-21-18(20)17-14(3)9-13(2)15(4)16(17)5/h9,12,20H,10-11H2,1-8H3/p-1. The molecule has 0 aliphatic carbocycles. The van der Waals surface area contributed by atoms with Crippen LogP contribution in [0.25, 0.3) is 0 Å². The van der Waals surface area contributed by atoms with Crippen molar-refractivity contribution in [2.24, 2.45) is 11.3 Å². The number of aryl methyl sites for hydroxylation is 2. The molecule has 1 nitrogen and oxygen atoms in total. The van der Waals surface area contributed by atoms with E-state index in [1.807, 2.05) is 0 Å². The highest BCUT2D eigenvalue weighted by Crippen LogP contribution is 2.28. The summed E-state index contributed by atoms with van der Waals surface area (Å²) in [5.41, 5.74) is 6.38. The van der Waals surface area contributed by atoms with Crippen molar-refractivity contribution in [3.8, 4) is 0 Å². The minimum Gasteiger partial charge on any atom is -0.824 e. The van der Waals surface area contributed by atoms with E-state index in [2.05, 4.69) is 61.5 Å². The van der Waals surface area contributed by atoms with Crippen LogP contribution < -0.4 is 5.11 Å². The fraction of sp³-hybridized carbons (Fsp3) is 0.632. The van der Waals surface area contributed by atoms with Gasteiger partial charge in [-0.05, 0) is 79.4 Å². The van der Waals surface area contributed by atoms with Gasteiger partial charge in [-0.1, -0.05) is 33.8 Å². The summed E-state index contributed by atoms with van der Waals surface area (Å²) in [6.45, 7) is 17.4. The molecule has 0 saturated heterocycles. The van der Waals surface area contributed by atoms with Crippen LogP contribution >= 0.6 is 8.20 Å². The summed E-state index contributed by atoms with van der Waals surface area (Å²) in [5, 5.41) is 12.6. The van der Waals surface area contributed by atoms with Gasteiger partial charge in [-0.25, -0.2) is 0 Å². The van der Waals surface area contributed by atoms with Gasteiger partial charge in [-0.3, -0.25) is 0 Å². The van der Waals surface area contributed by atoms with Crippen LogP contribution in [0.15, 0.2) is 6.07 Å². The number of hydrogen-bond acceptors (Lipinski definition) is 1. The van der Waals surface area contributed by atoms with Crippen molar-refractivity contribution in [2.75, 3.05) is 6.16 Å². The number of benzene rings is 1. The van der Waals surface area contributed by atoms with Crippen molar-refractivity contribution in [1.82, 2.24) is 0 Å². The molecule has 118 valence electrons. The maximum atomic E-state index is 12.6. The van der Waals surface area contributed by atoms with Crippen molar-refractivity contribution in [2.45, 2.75) is 61.8 Å². The van der Waals surface area contributed by atoms with Gasteiger partial charge >= 0.3 is 0 Å². The molecular formula is C19H30OP-. The molecule has 1 atom stereocenters. The van der Waals surface area contributed by atoms with Crippen LogP contribution in [0.1, 0.15) is 61.9 Å². The zero-order valence-electron chi connectivity index (χ0n) is 14.9. The van der Waals surface area contributed by atoms with Crippen LogP contribution in [0.3, 0.4) is 0 Å². The first-order valence-electron chi connectivity index (χ1n) is 7.82. The summed E-state index contributed by atoms with van der Waals surface area (Å²) in [6, 6.07) is 2.14. The second kappa shape index (κ2) is 7.07. The minimum atomic E-state index is 0.286. The molecule has 2 heteroatoms. The van der Waals surface area contributed by atoms with E-state index < -0.39 is 0 Å². The van der Waals surface area contributed by atoms with Gasteiger partial charge in [0, 0.05) is 0 Å². The van der Waals surface area contributed by atoms with Crippen LogP contribution in [0.2, 0.25) is 0 Å². The lowest BCUT2D eigenvalue weighted by Gasteiger charge is -2.24. The lowest BCUT2D eigenvalue weighted by Crippen LogP contribution is -2.21. The lowest BCUT2D eigenvalue weighted by molar-refractivity contribution is -0.207. The predicted molar refractivity (Wildman–Crippen MR) is 94.5 cm³/mol. The molecule has 0 aromatic heterocycles. The third-order valence-corrected chi connectivity index (χ3v) is 5.39. The van der Waals surface area contributed by atoms with Crippen molar-refractivity contribution in [3.63, 3.8) is 0 Å². The molecule has 21 heavy (non-hydrogen) atoms. The van der Waals surface area contributed by atoms with E-state index in [1.54, 1.807) is 0 Å². The third kappa shape index (κ3) is 5.24. The Balaban J connectivity index is 2.96. The van der Waals surface area contributed by atoms with Gasteiger partial charge in [0.2, 0.25) is 0 Å². The Labute approximate surface area is 132 Å². The molecule has 1 unspecified atom stereocenters. The summed E-state index contributed by atoms with van der Waals surface area (Å²) in [4.78, 5) is 0. The largest absolute Gasteiger partial charge is 0.824 e. The predicted octanol–water partition coefficient (Wildman–Crippen LogP) is 4.78. The Morgan fingerprint density at radius 2 is 1.67 bits per heavy atom. The first kappa shape index (κ1) is 18.4. The van der Waals surface area contributed by atoms with Crippen molar-refractivity contribution < 1.29 is 5.11 Å². The van der Waals surface area contributed by atoms with Crippen molar-refractivity contribution >= 4 is 13.7 Å². The Kier molecular flexibility index (Phi) is 6.20. The maximum Gasteiger partial charge on any atom is -0.00899 e. The first-order valence-corrected chi connectivity index (χ1v) is 8.90. The van der Waals surface area contributed by atoms with E-state index in [1.165, 1.54) is 11.1 Å². The summed E-state index contributed by atoms with van der Waals surface area (Å²) in [6.07, 6.45) is 2.13. The fourth-order valence-corrected chi connectivity index (χ4v) is 4.15. The molecular weight excluding hydrogens is 275 g/mol. The molecule has 0 bridgehead atoms. The topological polar surface area (TPSA) is 23.1 Å². The molecule has 0 aliphatic rings. The van der Waals surface area contributed by atoms with Crippen LogP contribution in [0.4, 0.5) is 0 Å². The first-order chi connectivity index (χ1) is 9.53. The van der Waals surface area contributed by atoms with E-state index in [4.69, 9.17) is 0 Å². The molecule has 0 amide bonds. The SMILES string of the molecule is Cc1cc(C)c(C([O-])=PCC(C)CC(C)(C)C)c(C)c1C. The quantitative estimate of drug-likeness (QED) is 0.734. The zero-order valence-corrected chi connectivity index (χ0v) is 15.8. The summed E-state index contributed by atoms with van der Waals surface area (Å²) in [7, 11) is 0.939. The van der Waals surface area contributed by atoms with E-state index in [9.17, 15) is 5.11 Å². The molecule has 0 spiro atoms. The highest BCUT2D eigenvalue weighted by molar-refractivity contribution is 7.40. The van der Waals surface area contributed by atoms with Crippen molar-refractivity contribution in [1.29, 1.82) is 0 Å². The summed E-state index contributed by atoms with van der Waals surface area (Å²) in [5.74, 6) is 0.586. The van der Waals surface area contributed by atoms with Crippen LogP contribution in [-0.2, 0) is 0 Å². The molecule has 1 rings (SSSR count). The van der Waals surface area contributed by atoms with E-state index in [-0.39, 0.29) is 5.48 Å². The van der Waals surface area contributed by atoms with E-state index in [0.29, 0.717) is 11.3 Å². The molecule has 0 saturated carbocycles. The van der Waals surface area contributed by atoms with Gasteiger partial charge in [0.15, 0.2) is 0 Å². The van der Waals surface area contributed by atoms with Crippen molar-refractivity contribution in [3.05, 3.63) is 33.9 Å². The second-order valence-electron chi connectivity index (χ2n) is 7.65. The lowest BCUT2D eigenvalue weighted by atomic mass is 9.86. The average Bonchev–Trinajstić information content (AvgIpc) is 2.31. The van der Waals surface area contributed by atoms with Gasteiger partial charge in [-0.15, -0.1) is 13.7 Å². The highest BCUT2D eigenvalue weighted by atomic mass is 31.1. The summed E-state index contributed by atoms with van der Waals surface area (Å²) < 4.78 is 0. The zero-order chi connectivity index (χ0) is 16.4. The Morgan fingerprint density at radius 1 is 1.10 bits per heavy atom. The number of rotatable bonds is 4. The average molecular weight is 305 g/mol. The second-order valence-corrected chi connectivity index (χ2v) is 8.74. The van der Waals surface area contributed by atoms with E-state index in [0.717, 1.165) is 37.5 Å². The van der Waals surface area contributed by atoms with E-state index >= 15 is 0 Å². The molecule has 0 heterocycles. The number of hydrogen-bond donors (Lipinski definition) is 0. The smallest absolute Gasteiger partial charge is 0.00899 e. The molecule has 0 aliphatic heterocycles. The third-order valence-electron chi connectivity index (χ3n) is 4.08. The van der Waals surface area contributed by atoms with Gasteiger partial charge in [0.25, 0.3) is 0 Å². The molecule has 1 aromatic rings. The molecule has 0 radical (unpaired) electrons. The minimum absolute atomic E-state index is 0.286. The monoisotopic (exact) mass is 305 g/mol. The van der Waals surface area contributed by atoms with Gasteiger partial charge in [-0.2, -0.15) is 0 Å². The fourth-order valence-electron chi connectivity index (χ4n) is 3.04. The molecule has 0 fully saturated rings. The van der Waals surface area contributed by atoms with Gasteiger partial charge < -0.3 is 5.11 Å². The Bertz CT molecular complexity index is 535. The highest BCUT2D eigenvalue weighted by Gasteiger charge is 2.14. The molecule has 0 N–H and O–H groups in total. The van der Waals surface area contributed by atoms with Crippen LogP contribution in [0.5, 0.6) is 0 Å². The van der Waals surface area contributed by atoms with Gasteiger partial charge in [0.05, 0.1) is 0 Å². The Morgan fingerprint density at radius 3 is 2.19 bits per heavy atom. The van der Waals surface area contributed by atoms with Gasteiger partial charge in [0.1, 0.15) is 0 Å².